The number of nitrogens with zero attached hydrogens (tertiary/aromatic N) is 2. The fraction of sp³-hybridized carbons (Fsp3) is 0.375. The van der Waals surface area contributed by atoms with E-state index in [1.807, 2.05) is 71.6 Å². The second-order valence-electron chi connectivity index (χ2n) is 10.7. The Hall–Kier alpha value is -2.99. The van der Waals surface area contributed by atoms with Crippen molar-refractivity contribution in [2.24, 2.45) is 0 Å². The average molecular weight is 529 g/mol. The molecule has 1 saturated heterocycles. The van der Waals surface area contributed by atoms with Crippen molar-refractivity contribution < 1.29 is 14.3 Å². The summed E-state index contributed by atoms with van der Waals surface area (Å²) in [5.41, 5.74) is 4.45. The van der Waals surface area contributed by atoms with Crippen LogP contribution in [0.5, 0.6) is 0 Å². The lowest BCUT2D eigenvalue weighted by Crippen LogP contribution is -2.36. The summed E-state index contributed by atoms with van der Waals surface area (Å²) in [6.07, 6.45) is 3.25. The Morgan fingerprint density at radius 1 is 0.974 bits per heavy atom. The molecule has 6 rings (SSSR count). The van der Waals surface area contributed by atoms with Crippen LogP contribution in [0.1, 0.15) is 58.6 Å². The maximum absolute atomic E-state index is 13.9. The van der Waals surface area contributed by atoms with E-state index in [1.54, 1.807) is 0 Å². The molecule has 0 N–H and O–H groups in total. The van der Waals surface area contributed by atoms with E-state index < -0.39 is 5.41 Å². The number of unbranched alkanes of at least 4 members (excludes halogenated alkanes) is 1. The van der Waals surface area contributed by atoms with Gasteiger partial charge in [0.15, 0.2) is 5.78 Å². The molecule has 0 aromatic heterocycles. The first kappa shape index (κ1) is 25.3. The van der Waals surface area contributed by atoms with Gasteiger partial charge in [0.2, 0.25) is 5.91 Å². The minimum Gasteiger partial charge on any atom is -0.379 e. The average Bonchev–Trinajstić information content (AvgIpc) is 3.67. The third-order valence-corrected chi connectivity index (χ3v) is 8.61. The highest BCUT2D eigenvalue weighted by Crippen LogP contribution is 2.66. The molecule has 1 aliphatic carbocycles. The van der Waals surface area contributed by atoms with Crippen molar-refractivity contribution in [2.75, 3.05) is 37.7 Å². The topological polar surface area (TPSA) is 49.9 Å². The smallest absolute Gasteiger partial charge is 0.238 e. The number of Topliss-reactive ketones (excluding diaryl/α,β-unsaturated/α-hetero) is 1. The Balaban J connectivity index is 1.13. The summed E-state index contributed by atoms with van der Waals surface area (Å²) in [7, 11) is 0. The number of ether oxygens (including phenoxy) is 1. The van der Waals surface area contributed by atoms with Crippen LogP contribution < -0.4 is 4.90 Å². The lowest BCUT2D eigenvalue weighted by atomic mass is 9.92. The minimum absolute atomic E-state index is 0.151. The molecule has 0 bridgehead atoms. The number of benzene rings is 3. The van der Waals surface area contributed by atoms with Gasteiger partial charge in [-0.1, -0.05) is 60.1 Å². The van der Waals surface area contributed by atoms with Crippen LogP contribution in [0, 0.1) is 0 Å². The Morgan fingerprint density at radius 2 is 1.76 bits per heavy atom. The van der Waals surface area contributed by atoms with Crippen LogP contribution in [0.4, 0.5) is 5.69 Å². The predicted molar refractivity (Wildman–Crippen MR) is 150 cm³/mol. The molecule has 1 spiro atoms. The lowest BCUT2D eigenvalue weighted by molar-refractivity contribution is -0.120. The number of carbonyl (C=O) groups excluding carboxylic acids is 2. The first-order chi connectivity index (χ1) is 18.6. The number of halogens is 1. The monoisotopic (exact) mass is 528 g/mol. The molecule has 0 radical (unpaired) electrons. The van der Waals surface area contributed by atoms with Crippen molar-refractivity contribution in [3.05, 3.63) is 100 Å². The van der Waals surface area contributed by atoms with Crippen molar-refractivity contribution in [3.63, 3.8) is 0 Å². The number of para-hydroxylation sites is 1. The SMILES string of the molecule is O=C(CCCCN1CCOCC1)c1cccc(CN2C(=O)[C@@]3(C[C@H]3c3ccc(Cl)cc3)c3ccccc32)c1. The van der Waals surface area contributed by atoms with Crippen LogP contribution >= 0.6 is 11.6 Å². The molecular weight excluding hydrogens is 496 g/mol. The second kappa shape index (κ2) is 10.6. The predicted octanol–water partition coefficient (Wildman–Crippen LogP) is 6.00. The van der Waals surface area contributed by atoms with E-state index in [0.29, 0.717) is 18.0 Å². The van der Waals surface area contributed by atoms with Crippen molar-refractivity contribution in [2.45, 2.75) is 43.6 Å². The third-order valence-electron chi connectivity index (χ3n) is 8.36. The van der Waals surface area contributed by atoms with Gasteiger partial charge in [0.25, 0.3) is 0 Å². The number of hydrogen-bond acceptors (Lipinski definition) is 4. The summed E-state index contributed by atoms with van der Waals surface area (Å²) in [4.78, 5) is 31.2. The molecule has 3 aliphatic rings. The second-order valence-corrected chi connectivity index (χ2v) is 11.2. The van der Waals surface area contributed by atoms with E-state index in [4.69, 9.17) is 16.3 Å². The van der Waals surface area contributed by atoms with Gasteiger partial charge in [0.05, 0.1) is 25.2 Å². The van der Waals surface area contributed by atoms with Crippen LogP contribution in [0.3, 0.4) is 0 Å². The Kier molecular flexibility index (Phi) is 7.08. The number of rotatable bonds is 9. The lowest BCUT2D eigenvalue weighted by Gasteiger charge is -2.26. The van der Waals surface area contributed by atoms with Gasteiger partial charge < -0.3 is 9.64 Å². The van der Waals surface area contributed by atoms with Crippen LogP contribution in [0.2, 0.25) is 5.02 Å². The molecule has 3 aromatic carbocycles. The normalized spacial score (nSPS) is 22.6. The van der Waals surface area contributed by atoms with Gasteiger partial charge >= 0.3 is 0 Å². The maximum atomic E-state index is 13.9. The van der Waals surface area contributed by atoms with Crippen LogP contribution in [-0.2, 0) is 21.5 Å². The van der Waals surface area contributed by atoms with Crippen molar-refractivity contribution in [3.8, 4) is 0 Å². The van der Waals surface area contributed by atoms with Gasteiger partial charge in [-0.3, -0.25) is 14.5 Å². The zero-order valence-corrected chi connectivity index (χ0v) is 22.3. The molecule has 1 amide bonds. The zero-order valence-electron chi connectivity index (χ0n) is 21.6. The van der Waals surface area contributed by atoms with Gasteiger partial charge in [0, 0.05) is 41.7 Å². The molecule has 196 valence electrons. The fourth-order valence-electron chi connectivity index (χ4n) is 6.22. The van der Waals surface area contributed by atoms with Crippen molar-refractivity contribution in [1.29, 1.82) is 0 Å². The third kappa shape index (κ3) is 4.79. The Labute approximate surface area is 229 Å². The van der Waals surface area contributed by atoms with Gasteiger partial charge in [-0.2, -0.15) is 0 Å². The first-order valence-electron chi connectivity index (χ1n) is 13.7. The summed E-state index contributed by atoms with van der Waals surface area (Å²) in [5.74, 6) is 0.478. The van der Waals surface area contributed by atoms with Crippen LogP contribution in [-0.4, -0.2) is 49.4 Å². The number of anilines is 1. The highest BCUT2D eigenvalue weighted by Gasteiger charge is 2.67. The summed E-state index contributed by atoms with van der Waals surface area (Å²) < 4.78 is 5.41. The van der Waals surface area contributed by atoms with Crippen LogP contribution in [0.25, 0.3) is 0 Å². The van der Waals surface area contributed by atoms with Crippen LogP contribution in [0.15, 0.2) is 72.8 Å². The Bertz CT molecular complexity index is 1330. The molecule has 1 saturated carbocycles. The molecule has 38 heavy (non-hydrogen) atoms. The quantitative estimate of drug-likeness (QED) is 0.252. The van der Waals surface area contributed by atoms with Gasteiger partial charge in [-0.25, -0.2) is 0 Å². The Morgan fingerprint density at radius 3 is 2.58 bits per heavy atom. The minimum atomic E-state index is -0.502. The number of fused-ring (bicyclic) bond motifs is 2. The number of carbonyl (C=O) groups is 2. The molecule has 3 aromatic rings. The van der Waals surface area contributed by atoms with E-state index in [-0.39, 0.29) is 17.6 Å². The maximum Gasteiger partial charge on any atom is 0.238 e. The van der Waals surface area contributed by atoms with Crippen molar-refractivity contribution in [1.82, 2.24) is 4.90 Å². The highest BCUT2D eigenvalue weighted by molar-refractivity contribution is 6.30. The van der Waals surface area contributed by atoms with Crippen molar-refractivity contribution >= 4 is 29.0 Å². The van der Waals surface area contributed by atoms with E-state index >= 15 is 0 Å². The van der Waals surface area contributed by atoms with E-state index in [9.17, 15) is 9.59 Å². The molecule has 2 heterocycles. The standard InChI is InChI=1S/C32H33ClN2O3/c33-26-13-11-24(12-14-26)28-21-32(28)27-8-1-2-9-29(27)35(31(32)37)22-23-6-5-7-25(20-23)30(36)10-3-4-15-34-16-18-38-19-17-34/h1-2,5-9,11-14,20,28H,3-4,10,15-19,21-22H2/t28-,32-/m0/s1. The summed E-state index contributed by atoms with van der Waals surface area (Å²) in [5, 5.41) is 0.703. The largest absolute Gasteiger partial charge is 0.379 e. The summed E-state index contributed by atoms with van der Waals surface area (Å²) >= 11 is 6.11. The fourth-order valence-corrected chi connectivity index (χ4v) is 6.34. The summed E-state index contributed by atoms with van der Waals surface area (Å²) in [6.45, 7) is 5.05. The molecule has 0 unspecified atom stereocenters. The molecule has 2 atom stereocenters. The molecular formula is C32H33ClN2O3. The summed E-state index contributed by atoms with van der Waals surface area (Å²) in [6, 6.07) is 23.8. The molecule has 6 heteroatoms. The van der Waals surface area contributed by atoms with E-state index in [1.165, 1.54) is 0 Å². The zero-order chi connectivity index (χ0) is 26.1. The highest BCUT2D eigenvalue weighted by atomic mass is 35.5. The van der Waals surface area contributed by atoms with Gasteiger partial charge in [-0.15, -0.1) is 0 Å². The number of amides is 1. The first-order valence-corrected chi connectivity index (χ1v) is 14.0. The van der Waals surface area contributed by atoms with Gasteiger partial charge in [-0.05, 0) is 66.8 Å². The molecule has 5 nitrogen and oxygen atoms in total. The van der Waals surface area contributed by atoms with Gasteiger partial charge in [0.1, 0.15) is 0 Å². The number of ketones is 1. The molecule has 2 fully saturated rings. The van der Waals surface area contributed by atoms with E-state index in [0.717, 1.165) is 80.1 Å². The number of hydrogen-bond donors (Lipinski definition) is 0. The molecule has 2 aliphatic heterocycles. The number of morpholine rings is 1. The van der Waals surface area contributed by atoms with E-state index in [2.05, 4.69) is 11.0 Å².